The van der Waals surface area contributed by atoms with Crippen molar-refractivity contribution in [1.29, 1.82) is 0 Å². The van der Waals surface area contributed by atoms with E-state index < -0.39 is 5.54 Å². The highest BCUT2D eigenvalue weighted by atomic mass is 127. The summed E-state index contributed by atoms with van der Waals surface area (Å²) in [6.45, 7) is 1.77. The summed E-state index contributed by atoms with van der Waals surface area (Å²) in [7, 11) is 0. The minimum absolute atomic E-state index is 0.147. The van der Waals surface area contributed by atoms with E-state index in [1.165, 1.54) is 0 Å². The second-order valence-electron chi connectivity index (χ2n) is 6.21. The van der Waals surface area contributed by atoms with Crippen LogP contribution >= 0.6 is 34.2 Å². The smallest absolute Gasteiger partial charge is 0.253 e. The van der Waals surface area contributed by atoms with Crippen molar-refractivity contribution < 1.29 is 9.32 Å². The van der Waals surface area contributed by atoms with Gasteiger partial charge in [0.25, 0.3) is 5.91 Å². The molecule has 0 radical (unpaired) electrons. The zero-order chi connectivity index (χ0) is 17.2. The summed E-state index contributed by atoms with van der Waals surface area (Å²) in [6.07, 6.45) is 6.00. The molecular formula is C17H19ClIN3O2. The van der Waals surface area contributed by atoms with Gasteiger partial charge in [0.2, 0.25) is 5.89 Å². The highest BCUT2D eigenvalue weighted by Gasteiger charge is 2.39. The number of rotatable bonds is 3. The fraction of sp³-hybridized carbons (Fsp3) is 0.471. The van der Waals surface area contributed by atoms with E-state index >= 15 is 0 Å². The summed E-state index contributed by atoms with van der Waals surface area (Å²) in [6, 6.07) is 5.32. The summed E-state index contributed by atoms with van der Waals surface area (Å²) >= 11 is 8.21. The van der Waals surface area contributed by atoms with Gasteiger partial charge in [-0.15, -0.1) is 0 Å². The number of aryl methyl sites for hydroxylation is 1. The quantitative estimate of drug-likeness (QED) is 0.537. The molecule has 0 spiro atoms. The van der Waals surface area contributed by atoms with Gasteiger partial charge in [0.15, 0.2) is 5.82 Å². The number of nitrogens with zero attached hydrogens (tertiary/aromatic N) is 2. The predicted octanol–water partition coefficient (Wildman–Crippen LogP) is 4.62. The van der Waals surface area contributed by atoms with Crippen molar-refractivity contribution in [1.82, 2.24) is 15.5 Å². The number of hydrogen-bond donors (Lipinski definition) is 1. The van der Waals surface area contributed by atoms with Crippen LogP contribution in [0.1, 0.15) is 60.6 Å². The van der Waals surface area contributed by atoms with Crippen molar-refractivity contribution in [3.8, 4) is 0 Å². The zero-order valence-corrected chi connectivity index (χ0v) is 16.4. The number of halogens is 2. The average molecular weight is 460 g/mol. The molecular weight excluding hydrogens is 441 g/mol. The molecule has 0 atom stereocenters. The Morgan fingerprint density at radius 2 is 2.00 bits per heavy atom. The van der Waals surface area contributed by atoms with Gasteiger partial charge in [0, 0.05) is 15.5 Å². The number of nitrogens with one attached hydrogen (secondary N) is 1. The maximum absolute atomic E-state index is 12.9. The minimum atomic E-state index is -0.573. The van der Waals surface area contributed by atoms with Crippen molar-refractivity contribution in [3.63, 3.8) is 0 Å². The lowest BCUT2D eigenvalue weighted by molar-refractivity contribution is 0.0875. The standard InChI is InChI=1S/C17H19ClIN3O2/c1-11-20-16(22-24-11)17(8-4-2-3-5-9-17)21-15(23)13-10-12(18)6-7-14(13)19/h6-7,10H,2-5,8-9H2,1H3,(H,21,23). The largest absolute Gasteiger partial charge is 0.340 e. The third kappa shape index (κ3) is 3.74. The van der Waals surface area contributed by atoms with Crippen LogP contribution in [0.15, 0.2) is 22.7 Å². The van der Waals surface area contributed by atoms with Crippen molar-refractivity contribution in [3.05, 3.63) is 44.1 Å². The van der Waals surface area contributed by atoms with Gasteiger partial charge in [-0.1, -0.05) is 42.4 Å². The van der Waals surface area contributed by atoms with Gasteiger partial charge in [-0.25, -0.2) is 0 Å². The highest BCUT2D eigenvalue weighted by molar-refractivity contribution is 14.1. The first-order valence-electron chi connectivity index (χ1n) is 8.08. The predicted molar refractivity (Wildman–Crippen MR) is 100 cm³/mol. The summed E-state index contributed by atoms with van der Waals surface area (Å²) < 4.78 is 6.04. The summed E-state index contributed by atoms with van der Waals surface area (Å²) in [5.74, 6) is 0.943. The molecule has 1 heterocycles. The molecule has 1 aromatic carbocycles. The van der Waals surface area contributed by atoms with Crippen molar-refractivity contribution in [2.75, 3.05) is 0 Å². The average Bonchev–Trinajstić information content (AvgIpc) is 2.86. The summed E-state index contributed by atoms with van der Waals surface area (Å²) in [5.41, 5.74) is 0.00319. The molecule has 1 amide bonds. The van der Waals surface area contributed by atoms with Gasteiger partial charge < -0.3 is 9.84 Å². The van der Waals surface area contributed by atoms with Crippen LogP contribution in [0, 0.1) is 10.5 Å². The molecule has 128 valence electrons. The Labute approximate surface area is 159 Å². The van der Waals surface area contributed by atoms with E-state index in [-0.39, 0.29) is 5.91 Å². The van der Waals surface area contributed by atoms with Gasteiger partial charge in [0.05, 0.1) is 5.56 Å². The SMILES string of the molecule is Cc1nc(C2(NC(=O)c3cc(Cl)ccc3I)CCCCCC2)no1. The molecule has 1 saturated carbocycles. The van der Waals surface area contributed by atoms with Crippen LogP contribution in [0.4, 0.5) is 0 Å². The second-order valence-corrected chi connectivity index (χ2v) is 7.81. The maximum atomic E-state index is 12.9. The number of amides is 1. The Bertz CT molecular complexity index is 739. The van der Waals surface area contributed by atoms with Gasteiger partial charge in [-0.3, -0.25) is 4.79 Å². The number of carbonyl (C=O) groups is 1. The molecule has 0 aliphatic heterocycles. The Hall–Kier alpha value is -1.15. The van der Waals surface area contributed by atoms with E-state index in [1.54, 1.807) is 19.1 Å². The first kappa shape index (κ1) is 17.7. The molecule has 7 heteroatoms. The Morgan fingerprint density at radius 3 is 2.62 bits per heavy atom. The fourth-order valence-electron chi connectivity index (χ4n) is 3.19. The molecule has 0 bridgehead atoms. The molecule has 1 fully saturated rings. The van der Waals surface area contributed by atoms with Crippen LogP contribution in [0.2, 0.25) is 5.02 Å². The third-order valence-electron chi connectivity index (χ3n) is 4.44. The molecule has 3 rings (SSSR count). The number of aromatic nitrogens is 2. The van der Waals surface area contributed by atoms with E-state index in [0.717, 1.165) is 42.1 Å². The van der Waals surface area contributed by atoms with Crippen LogP contribution in [0.5, 0.6) is 0 Å². The lowest BCUT2D eigenvalue weighted by atomic mass is 9.88. The number of carbonyl (C=O) groups excluding carboxylic acids is 1. The lowest BCUT2D eigenvalue weighted by Crippen LogP contribution is -2.46. The monoisotopic (exact) mass is 459 g/mol. The molecule has 1 N–H and O–H groups in total. The van der Waals surface area contributed by atoms with Gasteiger partial charge in [-0.05, 0) is 53.6 Å². The summed E-state index contributed by atoms with van der Waals surface area (Å²) in [4.78, 5) is 17.3. The maximum Gasteiger partial charge on any atom is 0.253 e. The molecule has 0 saturated heterocycles. The molecule has 0 unspecified atom stereocenters. The molecule has 1 aliphatic rings. The minimum Gasteiger partial charge on any atom is -0.340 e. The van der Waals surface area contributed by atoms with Crippen LogP contribution in [0.3, 0.4) is 0 Å². The molecule has 5 nitrogen and oxygen atoms in total. The van der Waals surface area contributed by atoms with Crippen LogP contribution in [-0.4, -0.2) is 16.0 Å². The first-order chi connectivity index (χ1) is 11.5. The van der Waals surface area contributed by atoms with E-state index in [9.17, 15) is 4.79 Å². The third-order valence-corrected chi connectivity index (χ3v) is 5.61. The topological polar surface area (TPSA) is 68.0 Å². The van der Waals surface area contributed by atoms with Crippen molar-refractivity contribution in [2.45, 2.75) is 51.0 Å². The Balaban J connectivity index is 1.94. The fourth-order valence-corrected chi connectivity index (χ4v) is 3.94. The second kappa shape index (κ2) is 7.39. The normalized spacial score (nSPS) is 17.3. The van der Waals surface area contributed by atoms with Crippen LogP contribution in [-0.2, 0) is 5.54 Å². The van der Waals surface area contributed by atoms with E-state index in [2.05, 4.69) is 38.0 Å². The van der Waals surface area contributed by atoms with Crippen LogP contribution in [0.25, 0.3) is 0 Å². The summed E-state index contributed by atoms with van der Waals surface area (Å²) in [5, 5.41) is 7.86. The molecule has 2 aromatic rings. The lowest BCUT2D eigenvalue weighted by Gasteiger charge is -2.31. The Morgan fingerprint density at radius 1 is 1.29 bits per heavy atom. The van der Waals surface area contributed by atoms with Crippen molar-refractivity contribution >= 4 is 40.1 Å². The highest BCUT2D eigenvalue weighted by Crippen LogP contribution is 2.35. The Kier molecular flexibility index (Phi) is 5.44. The zero-order valence-electron chi connectivity index (χ0n) is 13.4. The molecule has 24 heavy (non-hydrogen) atoms. The molecule has 1 aliphatic carbocycles. The van der Waals surface area contributed by atoms with Gasteiger partial charge in [0.1, 0.15) is 5.54 Å². The van der Waals surface area contributed by atoms with E-state index in [1.807, 2.05) is 6.07 Å². The molecule has 1 aromatic heterocycles. The van der Waals surface area contributed by atoms with E-state index in [4.69, 9.17) is 16.1 Å². The van der Waals surface area contributed by atoms with Gasteiger partial charge in [-0.2, -0.15) is 4.98 Å². The number of benzene rings is 1. The van der Waals surface area contributed by atoms with Gasteiger partial charge >= 0.3 is 0 Å². The first-order valence-corrected chi connectivity index (χ1v) is 9.54. The van der Waals surface area contributed by atoms with Crippen molar-refractivity contribution in [2.24, 2.45) is 0 Å². The van der Waals surface area contributed by atoms with Crippen LogP contribution < -0.4 is 5.32 Å². The number of hydrogen-bond acceptors (Lipinski definition) is 4. The van der Waals surface area contributed by atoms with E-state index in [0.29, 0.717) is 22.3 Å².